The molecule has 0 amide bonds. The highest BCUT2D eigenvalue weighted by molar-refractivity contribution is 5.61. The van der Waals surface area contributed by atoms with Gasteiger partial charge in [-0.05, 0) is 44.5 Å². The molecule has 0 radical (unpaired) electrons. The number of halogens is 1. The molecule has 0 fully saturated rings. The van der Waals surface area contributed by atoms with Gasteiger partial charge in [-0.3, -0.25) is 0 Å². The third kappa shape index (κ3) is 3.41. The van der Waals surface area contributed by atoms with Gasteiger partial charge in [-0.2, -0.15) is 0 Å². The van der Waals surface area contributed by atoms with Crippen LogP contribution in [-0.4, -0.2) is 16.0 Å². The fourth-order valence-corrected chi connectivity index (χ4v) is 1.91. The Bertz CT molecular complexity index is 531. The van der Waals surface area contributed by atoms with Gasteiger partial charge in [0.05, 0.1) is 12.2 Å². The Morgan fingerprint density at radius 1 is 1.32 bits per heavy atom. The van der Waals surface area contributed by atoms with Crippen molar-refractivity contribution in [1.29, 1.82) is 0 Å². The van der Waals surface area contributed by atoms with E-state index in [2.05, 4.69) is 29.1 Å². The van der Waals surface area contributed by atoms with E-state index in [1.165, 1.54) is 12.1 Å². The van der Waals surface area contributed by atoms with E-state index >= 15 is 0 Å². The minimum atomic E-state index is -0.226. The van der Waals surface area contributed by atoms with Gasteiger partial charge in [0.2, 0.25) is 0 Å². The molecule has 4 heteroatoms. The molecule has 0 aliphatic heterocycles. The highest BCUT2D eigenvalue weighted by Crippen LogP contribution is 2.21. The Morgan fingerprint density at radius 2 is 2.00 bits per heavy atom. The molecule has 0 saturated carbocycles. The number of hydrogen-bond donors (Lipinski definition) is 2. The smallest absolute Gasteiger partial charge is 0.123 e. The number of aromatic nitrogens is 2. The zero-order valence-electron chi connectivity index (χ0n) is 11.6. The number of aromatic amines is 1. The Labute approximate surface area is 113 Å². The van der Waals surface area contributed by atoms with E-state index in [1.807, 2.05) is 6.92 Å². The van der Waals surface area contributed by atoms with Gasteiger partial charge in [-0.15, -0.1) is 0 Å². The average Bonchev–Trinajstić information content (AvgIpc) is 2.78. The fourth-order valence-electron chi connectivity index (χ4n) is 1.91. The molecule has 1 aromatic carbocycles. The van der Waals surface area contributed by atoms with Gasteiger partial charge in [0.25, 0.3) is 0 Å². The third-order valence-corrected chi connectivity index (χ3v) is 3.28. The van der Waals surface area contributed by atoms with Crippen LogP contribution in [0, 0.1) is 12.7 Å². The number of benzene rings is 1. The second-order valence-electron chi connectivity index (χ2n) is 4.85. The first-order valence-electron chi connectivity index (χ1n) is 6.65. The van der Waals surface area contributed by atoms with Crippen molar-refractivity contribution in [3.05, 3.63) is 41.6 Å². The number of nitrogens with zero attached hydrogens (tertiary/aromatic N) is 1. The van der Waals surface area contributed by atoms with Crippen LogP contribution in [0.5, 0.6) is 0 Å². The van der Waals surface area contributed by atoms with Gasteiger partial charge >= 0.3 is 0 Å². The van der Waals surface area contributed by atoms with Crippen molar-refractivity contribution in [1.82, 2.24) is 15.3 Å². The normalized spacial score (nSPS) is 12.6. The molecule has 1 atom stereocenters. The lowest BCUT2D eigenvalue weighted by molar-refractivity contribution is 0.525. The zero-order chi connectivity index (χ0) is 13.8. The van der Waals surface area contributed by atoms with Crippen LogP contribution in [0.4, 0.5) is 4.39 Å². The summed E-state index contributed by atoms with van der Waals surface area (Å²) < 4.78 is 12.9. The number of rotatable bonds is 5. The summed E-state index contributed by atoms with van der Waals surface area (Å²) in [6, 6.07) is 6.90. The molecule has 0 saturated heterocycles. The minimum absolute atomic E-state index is 0.226. The van der Waals surface area contributed by atoms with Gasteiger partial charge in [0.15, 0.2) is 0 Å². The molecule has 1 aromatic heterocycles. The van der Waals surface area contributed by atoms with Crippen LogP contribution in [0.15, 0.2) is 24.3 Å². The van der Waals surface area contributed by atoms with Crippen molar-refractivity contribution in [3.63, 3.8) is 0 Å². The molecule has 0 spiro atoms. The Hall–Kier alpha value is -1.68. The summed E-state index contributed by atoms with van der Waals surface area (Å²) >= 11 is 0. The van der Waals surface area contributed by atoms with E-state index in [4.69, 9.17) is 0 Å². The third-order valence-electron chi connectivity index (χ3n) is 3.28. The van der Waals surface area contributed by atoms with Gasteiger partial charge in [-0.1, -0.05) is 6.92 Å². The Balaban J connectivity index is 2.14. The van der Waals surface area contributed by atoms with E-state index in [1.54, 1.807) is 12.1 Å². The molecule has 1 heterocycles. The Kier molecular flexibility index (Phi) is 4.32. The second-order valence-corrected chi connectivity index (χ2v) is 4.85. The van der Waals surface area contributed by atoms with Crippen LogP contribution >= 0.6 is 0 Å². The van der Waals surface area contributed by atoms with E-state index in [0.29, 0.717) is 6.04 Å². The van der Waals surface area contributed by atoms with Crippen molar-refractivity contribution >= 4 is 0 Å². The summed E-state index contributed by atoms with van der Waals surface area (Å²) in [5.74, 6) is 0.688. The molecule has 0 aliphatic carbocycles. The molecular weight excluding hydrogens is 241 g/mol. The number of aryl methyl sites for hydroxylation is 1. The Morgan fingerprint density at radius 3 is 2.63 bits per heavy atom. The van der Waals surface area contributed by atoms with Crippen LogP contribution in [0.2, 0.25) is 0 Å². The van der Waals surface area contributed by atoms with E-state index in [-0.39, 0.29) is 5.82 Å². The maximum atomic E-state index is 12.9. The summed E-state index contributed by atoms with van der Waals surface area (Å²) in [4.78, 5) is 7.85. The first-order chi connectivity index (χ1) is 9.10. The van der Waals surface area contributed by atoms with Crippen molar-refractivity contribution in [2.45, 2.75) is 39.8 Å². The van der Waals surface area contributed by atoms with Gasteiger partial charge in [-0.25, -0.2) is 9.37 Å². The standard InChI is InChI=1S/C15H20FN3/c1-4-10(2)17-9-14-18-11(3)15(19-14)12-5-7-13(16)8-6-12/h5-8,10,17H,4,9H2,1-3H3,(H,18,19). The maximum Gasteiger partial charge on any atom is 0.123 e. The van der Waals surface area contributed by atoms with Crippen molar-refractivity contribution in [2.75, 3.05) is 0 Å². The lowest BCUT2D eigenvalue weighted by Crippen LogP contribution is -2.24. The highest BCUT2D eigenvalue weighted by Gasteiger charge is 2.09. The molecule has 0 bridgehead atoms. The number of imidazole rings is 1. The minimum Gasteiger partial charge on any atom is -0.344 e. The van der Waals surface area contributed by atoms with Crippen LogP contribution in [0.25, 0.3) is 11.3 Å². The number of H-pyrrole nitrogens is 1. The quantitative estimate of drug-likeness (QED) is 0.866. The molecule has 3 nitrogen and oxygen atoms in total. The van der Waals surface area contributed by atoms with Crippen LogP contribution in [0.1, 0.15) is 31.8 Å². The maximum absolute atomic E-state index is 12.9. The van der Waals surface area contributed by atoms with Crippen molar-refractivity contribution in [3.8, 4) is 11.3 Å². The van der Waals surface area contributed by atoms with Crippen molar-refractivity contribution < 1.29 is 4.39 Å². The molecule has 2 rings (SSSR count). The predicted octanol–water partition coefficient (Wildman–Crippen LogP) is 3.41. The highest BCUT2D eigenvalue weighted by atomic mass is 19.1. The topological polar surface area (TPSA) is 40.7 Å². The first-order valence-corrected chi connectivity index (χ1v) is 6.65. The SMILES string of the molecule is CCC(C)NCc1nc(-c2ccc(F)cc2)c(C)[nH]1. The summed E-state index contributed by atoms with van der Waals surface area (Å²) in [6.07, 6.45) is 1.09. The summed E-state index contributed by atoms with van der Waals surface area (Å²) in [5.41, 5.74) is 2.83. The molecule has 1 unspecified atom stereocenters. The zero-order valence-corrected chi connectivity index (χ0v) is 11.6. The van der Waals surface area contributed by atoms with Crippen molar-refractivity contribution in [2.24, 2.45) is 0 Å². The molecule has 2 N–H and O–H groups in total. The van der Waals surface area contributed by atoms with Crippen LogP contribution in [0.3, 0.4) is 0 Å². The first kappa shape index (κ1) is 13.7. The predicted molar refractivity (Wildman–Crippen MR) is 75.3 cm³/mol. The largest absolute Gasteiger partial charge is 0.344 e. The molecular formula is C15H20FN3. The molecule has 102 valence electrons. The summed E-state index contributed by atoms with van der Waals surface area (Å²) in [7, 11) is 0. The molecule has 19 heavy (non-hydrogen) atoms. The summed E-state index contributed by atoms with van der Waals surface area (Å²) in [6.45, 7) is 7.00. The number of nitrogens with one attached hydrogen (secondary N) is 2. The lowest BCUT2D eigenvalue weighted by atomic mass is 10.1. The van der Waals surface area contributed by atoms with Crippen LogP contribution in [-0.2, 0) is 6.54 Å². The van der Waals surface area contributed by atoms with Gasteiger partial charge < -0.3 is 10.3 Å². The van der Waals surface area contributed by atoms with E-state index < -0.39 is 0 Å². The average molecular weight is 261 g/mol. The molecule has 0 aliphatic rings. The van der Waals surface area contributed by atoms with Crippen LogP contribution < -0.4 is 5.32 Å². The second kappa shape index (κ2) is 5.97. The van der Waals surface area contributed by atoms with Gasteiger partial charge in [0.1, 0.15) is 11.6 Å². The number of hydrogen-bond acceptors (Lipinski definition) is 2. The van der Waals surface area contributed by atoms with Gasteiger partial charge in [0, 0.05) is 17.3 Å². The summed E-state index contributed by atoms with van der Waals surface area (Å²) in [5, 5.41) is 3.40. The molecule has 2 aromatic rings. The lowest BCUT2D eigenvalue weighted by Gasteiger charge is -2.08. The van der Waals surface area contributed by atoms with E-state index in [9.17, 15) is 4.39 Å². The fraction of sp³-hybridized carbons (Fsp3) is 0.400. The van der Waals surface area contributed by atoms with E-state index in [0.717, 1.165) is 35.7 Å². The monoisotopic (exact) mass is 261 g/mol.